The lowest BCUT2D eigenvalue weighted by Gasteiger charge is -2.33. The van der Waals surface area contributed by atoms with Gasteiger partial charge in [-0.05, 0) is 30.3 Å². The van der Waals surface area contributed by atoms with Crippen LogP contribution in [0.5, 0.6) is 0 Å². The monoisotopic (exact) mass is 319 g/mol. The summed E-state index contributed by atoms with van der Waals surface area (Å²) in [5.74, 6) is -1.92. The molecule has 0 atom stereocenters. The van der Waals surface area contributed by atoms with Crippen molar-refractivity contribution in [3.05, 3.63) is 36.4 Å². The van der Waals surface area contributed by atoms with Crippen LogP contribution in [-0.4, -0.2) is 56.3 Å². The molecule has 0 spiro atoms. The van der Waals surface area contributed by atoms with Gasteiger partial charge in [0.1, 0.15) is 6.54 Å². The van der Waals surface area contributed by atoms with E-state index in [0.29, 0.717) is 11.8 Å². The highest BCUT2D eigenvalue weighted by Gasteiger charge is 2.19. The Balaban J connectivity index is 1.87. The van der Waals surface area contributed by atoms with Crippen LogP contribution in [0.1, 0.15) is 0 Å². The van der Waals surface area contributed by atoms with E-state index in [9.17, 15) is 14.7 Å². The van der Waals surface area contributed by atoms with Crippen molar-refractivity contribution in [1.82, 2.24) is 0 Å². The van der Waals surface area contributed by atoms with E-state index < -0.39 is 11.9 Å². The van der Waals surface area contributed by atoms with Gasteiger partial charge < -0.3 is 30.1 Å². The van der Waals surface area contributed by atoms with Crippen LogP contribution < -0.4 is 20.2 Å². The van der Waals surface area contributed by atoms with Crippen LogP contribution in [0.25, 0.3) is 0 Å². The van der Waals surface area contributed by atoms with Gasteiger partial charge in [-0.15, -0.1) is 0 Å². The Labute approximate surface area is 134 Å². The van der Waals surface area contributed by atoms with Gasteiger partial charge in [0, 0.05) is 17.5 Å². The molecule has 124 valence electrons. The molecule has 1 heterocycles. The summed E-state index contributed by atoms with van der Waals surface area (Å²) >= 11 is 0. The number of carboxylic acid groups (broad SMARTS) is 1. The number of hydrogen-bond donors (Lipinski definition) is 3. The maximum Gasteiger partial charge on any atom is 0.248 e. The first-order valence-corrected chi connectivity index (χ1v) is 7.58. The lowest BCUT2D eigenvalue weighted by molar-refractivity contribution is -0.900. The number of aliphatic carboxylic acids is 1. The van der Waals surface area contributed by atoms with Crippen LogP contribution in [-0.2, 0) is 9.59 Å². The molecule has 1 aliphatic rings. The van der Waals surface area contributed by atoms with E-state index in [2.05, 4.69) is 10.2 Å². The smallest absolute Gasteiger partial charge is 0.248 e. The summed E-state index contributed by atoms with van der Waals surface area (Å²) in [5, 5.41) is 21.8. The van der Waals surface area contributed by atoms with Crippen LogP contribution >= 0.6 is 0 Å². The molecule has 1 fully saturated rings. The van der Waals surface area contributed by atoms with E-state index in [4.69, 9.17) is 5.11 Å². The number of nitrogens with one attached hydrogen (secondary N) is 2. The highest BCUT2D eigenvalue weighted by molar-refractivity contribution is 6.02. The van der Waals surface area contributed by atoms with Gasteiger partial charge >= 0.3 is 0 Å². The Bertz CT molecular complexity index is 563. The third-order valence-electron chi connectivity index (χ3n) is 3.81. The number of amides is 1. The second-order valence-corrected chi connectivity index (χ2v) is 5.40. The van der Waals surface area contributed by atoms with Crippen LogP contribution in [0.2, 0.25) is 0 Å². The molecule has 1 aromatic carbocycles. The molecule has 1 aromatic rings. The minimum Gasteiger partial charge on any atom is -0.545 e. The first-order chi connectivity index (χ1) is 11.1. The molecule has 7 nitrogen and oxygen atoms in total. The summed E-state index contributed by atoms with van der Waals surface area (Å²) in [4.78, 5) is 25.4. The van der Waals surface area contributed by atoms with Crippen molar-refractivity contribution in [3.63, 3.8) is 0 Å². The lowest BCUT2D eigenvalue weighted by atomic mass is 10.2. The van der Waals surface area contributed by atoms with Gasteiger partial charge in [-0.2, -0.15) is 0 Å². The van der Waals surface area contributed by atoms with E-state index in [-0.39, 0.29) is 6.61 Å². The van der Waals surface area contributed by atoms with Crippen molar-refractivity contribution < 1.29 is 24.7 Å². The van der Waals surface area contributed by atoms with Gasteiger partial charge in [0.2, 0.25) is 5.91 Å². The Morgan fingerprint density at radius 2 is 1.87 bits per heavy atom. The number of aliphatic hydroxyl groups is 1. The molecule has 3 N–H and O–H groups in total. The number of aliphatic hydroxyl groups excluding tert-OH is 1. The largest absolute Gasteiger partial charge is 0.545 e. The van der Waals surface area contributed by atoms with Crippen LogP contribution in [0.4, 0.5) is 11.4 Å². The maximum atomic E-state index is 11.5. The van der Waals surface area contributed by atoms with E-state index >= 15 is 0 Å². The molecule has 1 aliphatic heterocycles. The standard InChI is InChI=1S/C16H21N3O4/c20-12-11-18-7-9-19(10-8-18)14-3-1-13(2-4-14)17-15(21)5-6-16(22)23/h1-6,20H,7-12H2,(H,17,21)(H,22,23)/b6-5-. The Kier molecular flexibility index (Phi) is 6.13. The fraction of sp³-hybridized carbons (Fsp3) is 0.375. The number of carbonyl (C=O) groups is 2. The fourth-order valence-corrected chi connectivity index (χ4v) is 2.57. The van der Waals surface area contributed by atoms with Crippen molar-refractivity contribution in [2.45, 2.75) is 0 Å². The zero-order chi connectivity index (χ0) is 16.7. The summed E-state index contributed by atoms with van der Waals surface area (Å²) in [6, 6.07) is 7.42. The molecule has 1 saturated heterocycles. The van der Waals surface area contributed by atoms with Gasteiger partial charge in [-0.3, -0.25) is 4.79 Å². The van der Waals surface area contributed by atoms with Crippen molar-refractivity contribution in [2.75, 3.05) is 49.5 Å². The average Bonchev–Trinajstić information content (AvgIpc) is 2.55. The number of hydrogen-bond acceptors (Lipinski definition) is 5. The highest BCUT2D eigenvalue weighted by atomic mass is 16.4. The highest BCUT2D eigenvalue weighted by Crippen LogP contribution is 2.18. The normalized spacial score (nSPS) is 15.8. The van der Waals surface area contributed by atoms with Crippen LogP contribution in [0.3, 0.4) is 0 Å². The third kappa shape index (κ3) is 5.39. The summed E-state index contributed by atoms with van der Waals surface area (Å²) < 4.78 is 0. The van der Waals surface area contributed by atoms with Gasteiger partial charge in [0.25, 0.3) is 0 Å². The van der Waals surface area contributed by atoms with Crippen LogP contribution in [0.15, 0.2) is 36.4 Å². The zero-order valence-electron chi connectivity index (χ0n) is 12.8. The topological polar surface area (TPSA) is 97.1 Å². The minimum atomic E-state index is -1.40. The maximum absolute atomic E-state index is 11.5. The van der Waals surface area contributed by atoms with Gasteiger partial charge in [-0.1, -0.05) is 0 Å². The van der Waals surface area contributed by atoms with Gasteiger partial charge in [-0.25, -0.2) is 0 Å². The summed E-state index contributed by atoms with van der Waals surface area (Å²) in [6.07, 6.45) is 1.62. The molecule has 2 rings (SSSR count). The third-order valence-corrected chi connectivity index (χ3v) is 3.81. The predicted octanol–water partition coefficient (Wildman–Crippen LogP) is -2.37. The number of benzene rings is 1. The lowest BCUT2D eigenvalue weighted by Crippen LogP contribution is -3.15. The van der Waals surface area contributed by atoms with Crippen molar-refractivity contribution in [3.8, 4) is 0 Å². The molecule has 7 heteroatoms. The first kappa shape index (κ1) is 17.0. The minimum absolute atomic E-state index is 0.218. The number of carbonyl (C=O) groups excluding carboxylic acids is 2. The number of piperazine rings is 1. The van der Waals surface area contributed by atoms with Gasteiger partial charge in [0.15, 0.2) is 0 Å². The number of rotatable bonds is 6. The molecule has 0 bridgehead atoms. The van der Waals surface area contributed by atoms with E-state index in [1.54, 1.807) is 12.1 Å². The Hall–Kier alpha value is -2.38. The first-order valence-electron chi connectivity index (χ1n) is 7.58. The zero-order valence-corrected chi connectivity index (χ0v) is 12.8. The summed E-state index contributed by atoms with van der Waals surface area (Å²) in [6.45, 7) is 4.85. The van der Waals surface area contributed by atoms with E-state index in [1.165, 1.54) is 4.90 Å². The fourth-order valence-electron chi connectivity index (χ4n) is 2.57. The molecule has 0 saturated carbocycles. The average molecular weight is 319 g/mol. The van der Waals surface area contributed by atoms with Crippen molar-refractivity contribution in [1.29, 1.82) is 0 Å². The molecule has 23 heavy (non-hydrogen) atoms. The number of quaternary nitrogens is 1. The number of anilines is 2. The number of nitrogens with zero attached hydrogens (tertiary/aromatic N) is 1. The summed E-state index contributed by atoms with van der Waals surface area (Å²) in [7, 11) is 0. The van der Waals surface area contributed by atoms with E-state index in [1.807, 2.05) is 12.1 Å². The number of carboxylic acids is 1. The Morgan fingerprint density at radius 3 is 2.43 bits per heavy atom. The Morgan fingerprint density at radius 1 is 1.22 bits per heavy atom. The second kappa shape index (κ2) is 8.30. The molecular weight excluding hydrogens is 298 g/mol. The molecule has 0 aliphatic carbocycles. The van der Waals surface area contributed by atoms with Crippen molar-refractivity contribution in [2.24, 2.45) is 0 Å². The quantitative estimate of drug-likeness (QED) is 0.509. The molecular formula is C16H21N3O4. The summed E-state index contributed by atoms with van der Waals surface area (Å²) in [5.41, 5.74) is 1.68. The second-order valence-electron chi connectivity index (χ2n) is 5.40. The molecule has 0 radical (unpaired) electrons. The van der Waals surface area contributed by atoms with Crippen molar-refractivity contribution >= 4 is 23.3 Å². The van der Waals surface area contributed by atoms with Crippen LogP contribution in [0, 0.1) is 0 Å². The van der Waals surface area contributed by atoms with E-state index in [0.717, 1.165) is 44.5 Å². The molecule has 1 amide bonds. The van der Waals surface area contributed by atoms with Gasteiger partial charge in [0.05, 0.1) is 38.8 Å². The SMILES string of the molecule is O=C([O-])/C=C\C(=O)Nc1ccc(N2CC[NH+](CCO)CC2)cc1. The predicted molar refractivity (Wildman–Crippen MR) is 84.1 cm³/mol. The molecule has 0 unspecified atom stereocenters. The molecule has 0 aromatic heterocycles.